The molecule has 0 saturated carbocycles. The zero-order chi connectivity index (χ0) is 24.0. The summed E-state index contributed by atoms with van der Waals surface area (Å²) in [4.78, 5) is 13.3. The van der Waals surface area contributed by atoms with Gasteiger partial charge >= 0.3 is 6.03 Å². The molecule has 1 N–H and O–H groups in total. The molecular formula is C29H25N2OPS. The topological polar surface area (TPSA) is 34.0 Å². The number of para-hydroxylation sites is 1. The monoisotopic (exact) mass is 480 g/mol. The molecule has 0 spiro atoms. The highest BCUT2D eigenvalue weighted by Gasteiger charge is 2.30. The van der Waals surface area contributed by atoms with Crippen molar-refractivity contribution in [1.29, 1.82) is 0 Å². The summed E-state index contributed by atoms with van der Waals surface area (Å²) in [6.07, 6.45) is 13.1. The Labute approximate surface area is 205 Å². The second kappa shape index (κ2) is 10.5. The largest absolute Gasteiger partial charge is 0.333 e. The van der Waals surface area contributed by atoms with E-state index < -0.39 is 6.04 Å². The van der Waals surface area contributed by atoms with E-state index in [2.05, 4.69) is 23.4 Å². The van der Waals surface area contributed by atoms with Gasteiger partial charge in [0.25, 0.3) is 0 Å². The zero-order valence-electron chi connectivity index (χ0n) is 18.9. The van der Waals surface area contributed by atoms with Crippen molar-refractivity contribution < 1.29 is 4.79 Å². The number of carbonyl (C=O) groups is 1. The van der Waals surface area contributed by atoms with E-state index in [-0.39, 0.29) is 6.03 Å². The number of benzene rings is 3. The van der Waals surface area contributed by atoms with Crippen molar-refractivity contribution >= 4 is 45.4 Å². The van der Waals surface area contributed by atoms with Gasteiger partial charge in [0.2, 0.25) is 0 Å². The van der Waals surface area contributed by atoms with Crippen LogP contribution in [-0.4, -0.2) is 10.6 Å². The van der Waals surface area contributed by atoms with Crippen molar-refractivity contribution in [2.75, 3.05) is 0 Å². The minimum Gasteiger partial charge on any atom is -0.333 e. The molecule has 1 amide bonds. The van der Waals surface area contributed by atoms with Crippen LogP contribution in [0.1, 0.15) is 12.5 Å². The molecule has 5 heteroatoms. The molecule has 34 heavy (non-hydrogen) atoms. The van der Waals surface area contributed by atoms with Crippen molar-refractivity contribution in [3.8, 4) is 12.3 Å². The number of nitrogens with one attached hydrogen (secondary N) is 1. The van der Waals surface area contributed by atoms with Gasteiger partial charge in [-0.1, -0.05) is 103 Å². The third kappa shape index (κ3) is 4.54. The molecule has 1 unspecified atom stereocenters. The van der Waals surface area contributed by atoms with Crippen molar-refractivity contribution in [1.82, 2.24) is 9.88 Å². The molecule has 1 heterocycles. The molecule has 0 radical (unpaired) electrons. The molecule has 0 aliphatic rings. The van der Waals surface area contributed by atoms with Crippen molar-refractivity contribution in [3.05, 3.63) is 120 Å². The predicted octanol–water partition coefficient (Wildman–Crippen LogP) is 5.92. The van der Waals surface area contributed by atoms with Gasteiger partial charge in [0.15, 0.2) is 0 Å². The summed E-state index contributed by atoms with van der Waals surface area (Å²) >= 11 is 6.52. The molecular weight excluding hydrogens is 455 g/mol. The van der Waals surface area contributed by atoms with Crippen molar-refractivity contribution in [2.45, 2.75) is 13.5 Å². The molecule has 0 bridgehead atoms. The summed E-state index contributed by atoms with van der Waals surface area (Å²) in [6.45, 7) is 2.42. The van der Waals surface area contributed by atoms with Gasteiger partial charge in [-0.15, -0.1) is 6.42 Å². The van der Waals surface area contributed by atoms with E-state index in [9.17, 15) is 4.79 Å². The third-order valence-corrected chi connectivity index (χ3v) is 10.7. The second-order valence-electron chi connectivity index (χ2n) is 7.70. The lowest BCUT2D eigenvalue weighted by Crippen LogP contribution is -2.27. The lowest BCUT2D eigenvalue weighted by Gasteiger charge is -2.24. The van der Waals surface area contributed by atoms with Gasteiger partial charge in [0.05, 0.1) is 5.52 Å². The Hall–Kier alpha value is -3.64. The first-order chi connectivity index (χ1) is 16.6. The molecule has 168 valence electrons. The van der Waals surface area contributed by atoms with Crippen molar-refractivity contribution in [3.63, 3.8) is 0 Å². The average Bonchev–Trinajstić information content (AvgIpc) is 3.29. The van der Waals surface area contributed by atoms with Crippen LogP contribution in [0.3, 0.4) is 0 Å². The number of aromatic nitrogens is 1. The van der Waals surface area contributed by atoms with Crippen LogP contribution in [0.15, 0.2) is 115 Å². The summed E-state index contributed by atoms with van der Waals surface area (Å²) in [5.41, 5.74) is 1.86. The number of hydrogen-bond donors (Lipinski definition) is 1. The van der Waals surface area contributed by atoms with E-state index in [1.165, 1.54) is 0 Å². The highest BCUT2D eigenvalue weighted by atomic mass is 32.4. The number of terminal acetylenes is 1. The lowest BCUT2D eigenvalue weighted by molar-refractivity contribution is 0.243. The quantitative estimate of drug-likeness (QED) is 0.211. The molecule has 0 fully saturated rings. The molecule has 0 aliphatic heterocycles. The van der Waals surface area contributed by atoms with Gasteiger partial charge < -0.3 is 5.32 Å². The molecule has 0 saturated heterocycles. The maximum absolute atomic E-state index is 13.3. The number of fused-ring (bicyclic) bond motifs is 1. The molecule has 0 aliphatic carbocycles. The normalized spacial score (nSPS) is 13.5. The van der Waals surface area contributed by atoms with Gasteiger partial charge in [0.1, 0.15) is 0 Å². The Bertz CT molecular complexity index is 1460. The van der Waals surface area contributed by atoms with Crippen LogP contribution < -0.4 is 15.9 Å². The van der Waals surface area contributed by atoms with Crippen LogP contribution in [0.25, 0.3) is 10.9 Å². The first-order valence-electron chi connectivity index (χ1n) is 11.0. The third-order valence-electron chi connectivity index (χ3n) is 5.67. The van der Waals surface area contributed by atoms with Crippen LogP contribution in [-0.2, 0) is 18.4 Å². The van der Waals surface area contributed by atoms with Gasteiger partial charge in [-0.3, -0.25) is 4.57 Å². The van der Waals surface area contributed by atoms with E-state index in [0.29, 0.717) is 6.54 Å². The first-order valence-corrected chi connectivity index (χ1v) is 13.8. The second-order valence-corrected chi connectivity index (χ2v) is 12.1. The van der Waals surface area contributed by atoms with Gasteiger partial charge in [-0.2, -0.15) is 0 Å². The fourth-order valence-corrected chi connectivity index (χ4v) is 8.22. The van der Waals surface area contributed by atoms with Crippen LogP contribution in [0.4, 0.5) is 4.79 Å². The minimum absolute atomic E-state index is 0.192. The Balaban J connectivity index is 1.87. The smallest absolute Gasteiger partial charge is 0.326 e. The summed E-state index contributed by atoms with van der Waals surface area (Å²) in [6, 6.07) is 25.2. The average molecular weight is 481 g/mol. The zero-order valence-corrected chi connectivity index (χ0v) is 20.6. The van der Waals surface area contributed by atoms with E-state index in [1.54, 1.807) is 10.6 Å². The minimum atomic E-state index is -2.49. The van der Waals surface area contributed by atoms with Crippen LogP contribution >= 0.6 is 6.04 Å². The number of carbonyl (C=O) groups excluding carboxylic acids is 1. The fraction of sp³-hybridized carbons (Fsp3) is 0.0690. The Morgan fingerprint density at radius 3 is 2.35 bits per heavy atom. The van der Waals surface area contributed by atoms with Crippen molar-refractivity contribution in [2.24, 2.45) is 0 Å². The molecule has 1 atom stereocenters. The van der Waals surface area contributed by atoms with Gasteiger partial charge in [-0.05, 0) is 41.3 Å². The highest BCUT2D eigenvalue weighted by Crippen LogP contribution is 2.54. The van der Waals surface area contributed by atoms with E-state index >= 15 is 0 Å². The van der Waals surface area contributed by atoms with Gasteiger partial charge in [-0.25, -0.2) is 4.79 Å². The SMILES string of the molecule is C#CC=CC(=CC)P(=S)(c1ccccc1)c1cn(C(=O)NCc2ccccc2)c2ccccc12. The van der Waals surface area contributed by atoms with Crippen LogP contribution in [0.2, 0.25) is 0 Å². The first kappa shape index (κ1) is 23.5. The van der Waals surface area contributed by atoms with E-state index in [4.69, 9.17) is 18.2 Å². The standard InChI is InChI=1S/C29H25N2OPS/c1-3-5-16-24(4-2)33(34,25-17-10-7-11-18-25)28-22-31(27-20-13-12-19-26(27)28)29(32)30-21-23-14-8-6-9-15-23/h1,4-20,22H,21H2,2H3,(H,30,32). The number of hydrogen-bond acceptors (Lipinski definition) is 2. The summed E-state index contributed by atoms with van der Waals surface area (Å²) in [5.74, 6) is 2.58. The molecule has 4 rings (SSSR count). The Morgan fingerprint density at radius 1 is 1.03 bits per heavy atom. The molecule has 4 aromatic rings. The maximum Gasteiger partial charge on any atom is 0.326 e. The Morgan fingerprint density at radius 2 is 1.68 bits per heavy atom. The van der Waals surface area contributed by atoms with Crippen LogP contribution in [0.5, 0.6) is 0 Å². The number of allylic oxidation sites excluding steroid dienone is 4. The predicted molar refractivity (Wildman–Crippen MR) is 148 cm³/mol. The Kier molecular flexibility index (Phi) is 7.28. The van der Waals surface area contributed by atoms with E-state index in [0.717, 1.165) is 32.4 Å². The molecule has 1 aromatic heterocycles. The lowest BCUT2D eigenvalue weighted by atomic mass is 10.2. The summed E-state index contributed by atoms with van der Waals surface area (Å²) in [5, 5.41) is 7.01. The number of nitrogens with zero attached hydrogens (tertiary/aromatic N) is 1. The highest BCUT2D eigenvalue weighted by molar-refractivity contribution is 8.24. The van der Waals surface area contributed by atoms with E-state index in [1.807, 2.05) is 98.1 Å². The fourth-order valence-electron chi connectivity index (χ4n) is 4.02. The number of rotatable bonds is 6. The number of amides is 1. The van der Waals surface area contributed by atoms with Crippen LogP contribution in [0, 0.1) is 12.3 Å². The molecule has 3 nitrogen and oxygen atoms in total. The maximum atomic E-state index is 13.3. The summed E-state index contributed by atoms with van der Waals surface area (Å²) in [7, 11) is 0. The van der Waals surface area contributed by atoms with Gasteiger partial charge in [0, 0.05) is 29.5 Å². The summed E-state index contributed by atoms with van der Waals surface area (Å²) < 4.78 is 1.68. The molecule has 3 aromatic carbocycles.